The standard InChI is InChI=1S/C17H25N3O/c1-4-9-14(10-5-2)16-19-20-17(21-16)15(18-3)13-11-7-6-8-12-13/h6-8,11-12,14-15,18H,4-5,9-10H2,1-3H3. The second kappa shape index (κ2) is 7.93. The first-order valence-electron chi connectivity index (χ1n) is 7.85. The van der Waals surface area contributed by atoms with Crippen LogP contribution in [-0.2, 0) is 0 Å². The number of aromatic nitrogens is 2. The van der Waals surface area contributed by atoms with Crippen LogP contribution in [0.15, 0.2) is 34.7 Å². The van der Waals surface area contributed by atoms with Gasteiger partial charge in [0.15, 0.2) is 0 Å². The predicted molar refractivity (Wildman–Crippen MR) is 84.2 cm³/mol. The average Bonchev–Trinajstić information content (AvgIpc) is 2.98. The van der Waals surface area contributed by atoms with Crippen LogP contribution in [0.5, 0.6) is 0 Å². The Morgan fingerprint density at radius 2 is 1.62 bits per heavy atom. The van der Waals surface area contributed by atoms with Gasteiger partial charge < -0.3 is 9.73 Å². The molecule has 0 aliphatic heterocycles. The molecule has 0 amide bonds. The highest BCUT2D eigenvalue weighted by Gasteiger charge is 2.22. The summed E-state index contributed by atoms with van der Waals surface area (Å²) in [5.74, 6) is 1.82. The van der Waals surface area contributed by atoms with E-state index < -0.39 is 0 Å². The van der Waals surface area contributed by atoms with Gasteiger partial charge >= 0.3 is 0 Å². The van der Waals surface area contributed by atoms with Crippen molar-refractivity contribution in [3.05, 3.63) is 47.7 Å². The van der Waals surface area contributed by atoms with E-state index in [1.165, 1.54) is 0 Å². The molecule has 1 aromatic heterocycles. The molecule has 2 rings (SSSR count). The number of hydrogen-bond donors (Lipinski definition) is 1. The summed E-state index contributed by atoms with van der Waals surface area (Å²) < 4.78 is 5.97. The Balaban J connectivity index is 2.20. The number of benzene rings is 1. The van der Waals surface area contributed by atoms with Gasteiger partial charge in [-0.25, -0.2) is 0 Å². The van der Waals surface area contributed by atoms with E-state index in [-0.39, 0.29) is 6.04 Å². The molecule has 114 valence electrons. The summed E-state index contributed by atoms with van der Waals surface area (Å²) in [6.07, 6.45) is 4.48. The number of nitrogens with zero attached hydrogens (tertiary/aromatic N) is 2. The normalized spacial score (nSPS) is 12.8. The molecule has 2 aromatic rings. The molecular formula is C17H25N3O. The summed E-state index contributed by atoms with van der Waals surface area (Å²) in [6.45, 7) is 4.39. The van der Waals surface area contributed by atoms with Crippen molar-refractivity contribution >= 4 is 0 Å². The van der Waals surface area contributed by atoms with E-state index >= 15 is 0 Å². The van der Waals surface area contributed by atoms with Crippen LogP contribution < -0.4 is 5.32 Å². The molecule has 1 heterocycles. The van der Waals surface area contributed by atoms with Crippen LogP contribution >= 0.6 is 0 Å². The Kier molecular flexibility index (Phi) is 5.93. The Bertz CT molecular complexity index is 518. The lowest BCUT2D eigenvalue weighted by atomic mass is 9.98. The molecule has 1 N–H and O–H groups in total. The third-order valence-electron chi connectivity index (χ3n) is 3.75. The first-order valence-corrected chi connectivity index (χ1v) is 7.85. The molecule has 0 bridgehead atoms. The first kappa shape index (κ1) is 15.7. The molecule has 4 nitrogen and oxygen atoms in total. The molecule has 0 saturated heterocycles. The summed E-state index contributed by atoms with van der Waals surface area (Å²) in [5, 5.41) is 11.8. The lowest BCUT2D eigenvalue weighted by Gasteiger charge is -2.13. The monoisotopic (exact) mass is 287 g/mol. The van der Waals surface area contributed by atoms with E-state index in [1.807, 2.05) is 25.2 Å². The Labute approximate surface area is 127 Å². The molecule has 0 fully saturated rings. The fourth-order valence-corrected chi connectivity index (χ4v) is 2.69. The van der Waals surface area contributed by atoms with Crippen molar-refractivity contribution in [3.8, 4) is 0 Å². The zero-order valence-corrected chi connectivity index (χ0v) is 13.2. The van der Waals surface area contributed by atoms with Crippen LogP contribution in [-0.4, -0.2) is 17.2 Å². The van der Waals surface area contributed by atoms with Crippen molar-refractivity contribution in [1.82, 2.24) is 15.5 Å². The van der Waals surface area contributed by atoms with Gasteiger partial charge in [-0.1, -0.05) is 57.0 Å². The molecule has 1 atom stereocenters. The largest absolute Gasteiger partial charge is 0.423 e. The molecule has 0 aliphatic carbocycles. The fraction of sp³-hybridized carbons (Fsp3) is 0.529. The molecule has 0 saturated carbocycles. The summed E-state index contributed by atoms with van der Waals surface area (Å²) >= 11 is 0. The van der Waals surface area contributed by atoms with Crippen LogP contribution in [0.3, 0.4) is 0 Å². The molecule has 0 aliphatic rings. The highest BCUT2D eigenvalue weighted by molar-refractivity contribution is 5.23. The molecule has 1 aromatic carbocycles. The molecule has 0 spiro atoms. The second-order valence-electron chi connectivity index (χ2n) is 5.39. The lowest BCUT2D eigenvalue weighted by molar-refractivity contribution is 0.371. The minimum atomic E-state index is -0.0450. The molecule has 0 radical (unpaired) electrons. The summed E-state index contributed by atoms with van der Waals surface area (Å²) in [7, 11) is 1.91. The second-order valence-corrected chi connectivity index (χ2v) is 5.39. The van der Waals surface area contributed by atoms with Gasteiger partial charge in [0.25, 0.3) is 0 Å². The summed E-state index contributed by atoms with van der Waals surface area (Å²) in [4.78, 5) is 0. The maximum Gasteiger partial charge on any atom is 0.237 e. The highest BCUT2D eigenvalue weighted by Crippen LogP contribution is 2.28. The minimum Gasteiger partial charge on any atom is -0.423 e. The van der Waals surface area contributed by atoms with Crippen LogP contribution in [0.2, 0.25) is 0 Å². The summed E-state index contributed by atoms with van der Waals surface area (Å²) in [6, 6.07) is 10.1. The molecule has 1 unspecified atom stereocenters. The molecule has 21 heavy (non-hydrogen) atoms. The van der Waals surface area contributed by atoms with Crippen LogP contribution in [0.25, 0.3) is 0 Å². The van der Waals surface area contributed by atoms with Gasteiger partial charge in [-0.05, 0) is 25.5 Å². The van der Waals surface area contributed by atoms with Crippen molar-refractivity contribution in [3.63, 3.8) is 0 Å². The van der Waals surface area contributed by atoms with Gasteiger partial charge in [-0.2, -0.15) is 0 Å². The van der Waals surface area contributed by atoms with Gasteiger partial charge in [0, 0.05) is 5.92 Å². The van der Waals surface area contributed by atoms with Crippen molar-refractivity contribution in [1.29, 1.82) is 0 Å². The predicted octanol–water partition coefficient (Wildman–Crippen LogP) is 4.06. The third kappa shape index (κ3) is 3.91. The SMILES string of the molecule is CCCC(CCC)c1nnc(C(NC)c2ccccc2)o1. The van der Waals surface area contributed by atoms with Crippen molar-refractivity contribution in [2.45, 2.75) is 51.5 Å². The van der Waals surface area contributed by atoms with Gasteiger partial charge in [-0.15, -0.1) is 10.2 Å². The number of nitrogens with one attached hydrogen (secondary N) is 1. The number of hydrogen-bond acceptors (Lipinski definition) is 4. The zero-order chi connectivity index (χ0) is 15.1. The number of rotatable bonds is 8. The molecule has 4 heteroatoms. The van der Waals surface area contributed by atoms with Crippen molar-refractivity contribution < 1.29 is 4.42 Å². The topological polar surface area (TPSA) is 51.0 Å². The fourth-order valence-electron chi connectivity index (χ4n) is 2.69. The average molecular weight is 287 g/mol. The van der Waals surface area contributed by atoms with Crippen molar-refractivity contribution in [2.24, 2.45) is 0 Å². The zero-order valence-electron chi connectivity index (χ0n) is 13.2. The minimum absolute atomic E-state index is 0.0450. The van der Waals surface area contributed by atoms with E-state index in [4.69, 9.17) is 4.42 Å². The smallest absolute Gasteiger partial charge is 0.237 e. The maximum absolute atomic E-state index is 5.97. The van der Waals surface area contributed by atoms with E-state index in [2.05, 4.69) is 41.5 Å². The van der Waals surface area contributed by atoms with Gasteiger partial charge in [0.05, 0.1) is 0 Å². The van der Waals surface area contributed by atoms with Crippen LogP contribution in [0.4, 0.5) is 0 Å². The quantitative estimate of drug-likeness (QED) is 0.795. The van der Waals surface area contributed by atoms with Gasteiger partial charge in [0.1, 0.15) is 6.04 Å². The Morgan fingerprint density at radius 1 is 1.00 bits per heavy atom. The maximum atomic E-state index is 5.97. The van der Waals surface area contributed by atoms with E-state index in [1.54, 1.807) is 0 Å². The van der Waals surface area contributed by atoms with Crippen LogP contribution in [0, 0.1) is 0 Å². The van der Waals surface area contributed by atoms with E-state index in [0.717, 1.165) is 37.1 Å². The Hall–Kier alpha value is -1.68. The highest BCUT2D eigenvalue weighted by atomic mass is 16.4. The van der Waals surface area contributed by atoms with Gasteiger partial charge in [-0.3, -0.25) is 0 Å². The lowest BCUT2D eigenvalue weighted by Crippen LogP contribution is -2.17. The first-order chi connectivity index (χ1) is 10.3. The summed E-state index contributed by atoms with van der Waals surface area (Å²) in [5.41, 5.74) is 1.14. The Morgan fingerprint density at radius 3 is 2.19 bits per heavy atom. The van der Waals surface area contributed by atoms with Gasteiger partial charge in [0.2, 0.25) is 11.8 Å². The van der Waals surface area contributed by atoms with Crippen molar-refractivity contribution in [2.75, 3.05) is 7.05 Å². The molecular weight excluding hydrogens is 262 g/mol. The van der Waals surface area contributed by atoms with E-state index in [9.17, 15) is 0 Å². The van der Waals surface area contributed by atoms with Crippen LogP contribution in [0.1, 0.15) is 68.8 Å². The van der Waals surface area contributed by atoms with E-state index in [0.29, 0.717) is 11.8 Å². The third-order valence-corrected chi connectivity index (χ3v) is 3.75.